The maximum atomic E-state index is 13.7. The van der Waals surface area contributed by atoms with E-state index in [1.54, 1.807) is 6.07 Å². The Hall–Kier alpha value is -2.80. The SMILES string of the molecule is CC(=O)Nc1cc(NC(=O)C2CCCN(Cc3cccc(F)c3)C2)ccc1F. The van der Waals surface area contributed by atoms with Gasteiger partial charge in [-0.15, -0.1) is 0 Å². The number of piperidine rings is 1. The Morgan fingerprint density at radius 3 is 2.71 bits per heavy atom. The molecule has 1 atom stereocenters. The lowest BCUT2D eigenvalue weighted by Gasteiger charge is -2.32. The minimum Gasteiger partial charge on any atom is -0.326 e. The third-order valence-corrected chi connectivity index (χ3v) is 4.72. The fourth-order valence-electron chi connectivity index (χ4n) is 3.44. The molecular weight excluding hydrogens is 364 g/mol. The summed E-state index contributed by atoms with van der Waals surface area (Å²) in [6.07, 6.45) is 1.62. The Morgan fingerprint density at radius 2 is 1.96 bits per heavy atom. The fourth-order valence-corrected chi connectivity index (χ4v) is 3.44. The summed E-state index contributed by atoms with van der Waals surface area (Å²) >= 11 is 0. The summed E-state index contributed by atoms with van der Waals surface area (Å²) < 4.78 is 27.1. The summed E-state index contributed by atoms with van der Waals surface area (Å²) in [6, 6.07) is 10.5. The molecule has 2 N–H and O–H groups in total. The molecule has 2 amide bonds. The lowest BCUT2D eigenvalue weighted by molar-refractivity contribution is -0.121. The van der Waals surface area contributed by atoms with E-state index >= 15 is 0 Å². The summed E-state index contributed by atoms with van der Waals surface area (Å²) in [5.74, 6) is -1.58. The number of hydrogen-bond acceptors (Lipinski definition) is 3. The summed E-state index contributed by atoms with van der Waals surface area (Å²) in [4.78, 5) is 26.0. The highest BCUT2D eigenvalue weighted by molar-refractivity contribution is 5.94. The molecular formula is C21H23F2N3O2. The number of hydrogen-bond donors (Lipinski definition) is 2. The van der Waals surface area contributed by atoms with E-state index in [1.165, 1.54) is 37.3 Å². The van der Waals surface area contributed by atoms with Gasteiger partial charge in [-0.2, -0.15) is 0 Å². The van der Waals surface area contributed by atoms with Gasteiger partial charge in [0.15, 0.2) is 0 Å². The van der Waals surface area contributed by atoms with Gasteiger partial charge < -0.3 is 10.6 Å². The van der Waals surface area contributed by atoms with Crippen LogP contribution in [-0.4, -0.2) is 29.8 Å². The van der Waals surface area contributed by atoms with Crippen LogP contribution in [0.3, 0.4) is 0 Å². The second-order valence-corrected chi connectivity index (χ2v) is 7.07. The van der Waals surface area contributed by atoms with Crippen LogP contribution in [0.4, 0.5) is 20.2 Å². The van der Waals surface area contributed by atoms with Crippen LogP contribution in [0.5, 0.6) is 0 Å². The molecule has 1 heterocycles. The molecule has 7 heteroatoms. The Bertz CT molecular complexity index is 872. The zero-order valence-corrected chi connectivity index (χ0v) is 15.7. The van der Waals surface area contributed by atoms with Gasteiger partial charge in [0.25, 0.3) is 0 Å². The van der Waals surface area contributed by atoms with Crippen molar-refractivity contribution in [1.29, 1.82) is 0 Å². The summed E-state index contributed by atoms with van der Waals surface area (Å²) in [5.41, 5.74) is 1.33. The van der Waals surface area contributed by atoms with E-state index in [1.807, 2.05) is 6.07 Å². The average Bonchev–Trinajstić information content (AvgIpc) is 2.64. The van der Waals surface area contributed by atoms with Crippen molar-refractivity contribution in [2.75, 3.05) is 23.7 Å². The summed E-state index contributed by atoms with van der Waals surface area (Å²) in [5, 5.41) is 5.20. The van der Waals surface area contributed by atoms with Crippen LogP contribution >= 0.6 is 0 Å². The van der Waals surface area contributed by atoms with Crippen LogP contribution in [-0.2, 0) is 16.1 Å². The van der Waals surface area contributed by atoms with Gasteiger partial charge in [-0.05, 0) is 55.3 Å². The Labute approximate surface area is 162 Å². The van der Waals surface area contributed by atoms with Gasteiger partial charge >= 0.3 is 0 Å². The number of likely N-dealkylation sites (tertiary alicyclic amines) is 1. The smallest absolute Gasteiger partial charge is 0.228 e. The van der Waals surface area contributed by atoms with Gasteiger partial charge in [0.1, 0.15) is 11.6 Å². The number of anilines is 2. The van der Waals surface area contributed by atoms with Gasteiger partial charge in [0, 0.05) is 25.7 Å². The molecule has 1 unspecified atom stereocenters. The largest absolute Gasteiger partial charge is 0.326 e. The molecule has 0 aliphatic carbocycles. The standard InChI is InChI=1S/C21H23F2N3O2/c1-14(27)24-20-11-18(7-8-19(20)23)25-21(28)16-5-3-9-26(13-16)12-15-4-2-6-17(22)10-15/h2,4,6-8,10-11,16H,3,5,9,12-13H2,1H3,(H,24,27)(H,25,28). The van der Waals surface area contributed by atoms with Crippen molar-refractivity contribution in [2.24, 2.45) is 5.92 Å². The van der Waals surface area contributed by atoms with Gasteiger partial charge in [-0.3, -0.25) is 14.5 Å². The molecule has 1 saturated heterocycles. The van der Waals surface area contributed by atoms with Crippen molar-refractivity contribution in [3.63, 3.8) is 0 Å². The van der Waals surface area contributed by atoms with Crippen LogP contribution in [0.25, 0.3) is 0 Å². The maximum absolute atomic E-state index is 13.7. The van der Waals surface area contributed by atoms with Crippen LogP contribution in [0.2, 0.25) is 0 Å². The molecule has 1 aliphatic heterocycles. The highest BCUT2D eigenvalue weighted by Crippen LogP contribution is 2.23. The topological polar surface area (TPSA) is 61.4 Å². The van der Waals surface area contributed by atoms with E-state index < -0.39 is 5.82 Å². The van der Waals surface area contributed by atoms with Gasteiger partial charge in [-0.25, -0.2) is 8.78 Å². The van der Waals surface area contributed by atoms with Crippen molar-refractivity contribution in [1.82, 2.24) is 4.90 Å². The van der Waals surface area contributed by atoms with E-state index in [4.69, 9.17) is 0 Å². The number of carbonyl (C=O) groups excluding carboxylic acids is 2. The predicted molar refractivity (Wildman–Crippen MR) is 104 cm³/mol. The van der Waals surface area contributed by atoms with Crippen molar-refractivity contribution < 1.29 is 18.4 Å². The van der Waals surface area contributed by atoms with Gasteiger partial charge in [0.05, 0.1) is 11.6 Å². The molecule has 0 saturated carbocycles. The number of halogens is 2. The van der Waals surface area contributed by atoms with Crippen LogP contribution < -0.4 is 10.6 Å². The van der Waals surface area contributed by atoms with E-state index in [0.717, 1.165) is 24.9 Å². The van der Waals surface area contributed by atoms with Gasteiger partial charge in [0.2, 0.25) is 11.8 Å². The first-order chi connectivity index (χ1) is 13.4. The molecule has 28 heavy (non-hydrogen) atoms. The molecule has 2 aromatic carbocycles. The molecule has 0 bridgehead atoms. The van der Waals surface area contributed by atoms with Crippen molar-refractivity contribution in [3.8, 4) is 0 Å². The normalized spacial score (nSPS) is 17.2. The van der Waals surface area contributed by atoms with E-state index in [2.05, 4.69) is 15.5 Å². The summed E-state index contributed by atoms with van der Waals surface area (Å²) in [7, 11) is 0. The first-order valence-corrected chi connectivity index (χ1v) is 9.25. The lowest BCUT2D eigenvalue weighted by Crippen LogP contribution is -2.40. The zero-order chi connectivity index (χ0) is 20.1. The maximum Gasteiger partial charge on any atom is 0.228 e. The highest BCUT2D eigenvalue weighted by atomic mass is 19.1. The number of benzene rings is 2. The number of amides is 2. The zero-order valence-electron chi connectivity index (χ0n) is 15.7. The number of nitrogens with one attached hydrogen (secondary N) is 2. The van der Waals surface area contributed by atoms with Gasteiger partial charge in [-0.1, -0.05) is 12.1 Å². The molecule has 0 aromatic heterocycles. The Kier molecular flexibility index (Phi) is 6.36. The molecule has 1 fully saturated rings. The van der Waals surface area contributed by atoms with Crippen molar-refractivity contribution in [3.05, 3.63) is 59.7 Å². The molecule has 2 aromatic rings. The molecule has 1 aliphatic rings. The lowest BCUT2D eigenvalue weighted by atomic mass is 9.96. The molecule has 3 rings (SSSR count). The summed E-state index contributed by atoms with van der Waals surface area (Å²) in [6.45, 7) is 3.30. The average molecular weight is 387 g/mol. The fraction of sp³-hybridized carbons (Fsp3) is 0.333. The number of nitrogens with zero attached hydrogens (tertiary/aromatic N) is 1. The second-order valence-electron chi connectivity index (χ2n) is 7.07. The number of rotatable bonds is 5. The molecule has 5 nitrogen and oxygen atoms in total. The minimum absolute atomic E-state index is 0.0293. The first-order valence-electron chi connectivity index (χ1n) is 9.25. The molecule has 148 valence electrons. The number of carbonyl (C=O) groups is 2. The van der Waals surface area contributed by atoms with Crippen molar-refractivity contribution >= 4 is 23.2 Å². The third kappa shape index (κ3) is 5.36. The molecule has 0 spiro atoms. The third-order valence-electron chi connectivity index (χ3n) is 4.72. The van der Waals surface area contributed by atoms with Crippen LogP contribution in [0, 0.1) is 17.6 Å². The highest BCUT2D eigenvalue weighted by Gasteiger charge is 2.26. The van der Waals surface area contributed by atoms with E-state index in [-0.39, 0.29) is 29.2 Å². The molecule has 0 radical (unpaired) electrons. The minimum atomic E-state index is -0.563. The Morgan fingerprint density at radius 1 is 1.14 bits per heavy atom. The van der Waals surface area contributed by atoms with Crippen molar-refractivity contribution in [2.45, 2.75) is 26.3 Å². The van der Waals surface area contributed by atoms with E-state index in [0.29, 0.717) is 18.8 Å². The predicted octanol–water partition coefficient (Wildman–Crippen LogP) is 3.77. The second kappa shape index (κ2) is 8.93. The first kappa shape index (κ1) is 19.9. The Balaban J connectivity index is 1.62. The van der Waals surface area contributed by atoms with Crippen LogP contribution in [0.15, 0.2) is 42.5 Å². The quantitative estimate of drug-likeness (QED) is 0.821. The van der Waals surface area contributed by atoms with Crippen LogP contribution in [0.1, 0.15) is 25.3 Å². The van der Waals surface area contributed by atoms with E-state index in [9.17, 15) is 18.4 Å². The monoisotopic (exact) mass is 387 g/mol.